The predicted molar refractivity (Wildman–Crippen MR) is 80.2 cm³/mol. The first kappa shape index (κ1) is 14.7. The Morgan fingerprint density at radius 3 is 3.05 bits per heavy atom. The number of amides is 1. The van der Waals surface area contributed by atoms with Crippen LogP contribution in [0.1, 0.15) is 11.1 Å². The standard InChI is InChI=1S/C16H19N3O3/c20-16(15-11-21-6-7-22-15)18-9-13-2-1-3-14(8-13)10-19-5-4-17-12-19/h1-5,8,12,15H,6-7,9-11H2,(H,18,20). The minimum Gasteiger partial charge on any atom is -0.376 e. The van der Waals surface area contributed by atoms with Crippen LogP contribution < -0.4 is 5.32 Å². The van der Waals surface area contributed by atoms with E-state index in [-0.39, 0.29) is 5.91 Å². The Morgan fingerprint density at radius 1 is 1.36 bits per heavy atom. The van der Waals surface area contributed by atoms with E-state index in [1.54, 1.807) is 12.5 Å². The van der Waals surface area contributed by atoms with Crippen LogP contribution in [0.25, 0.3) is 0 Å². The van der Waals surface area contributed by atoms with Crippen LogP contribution in [-0.4, -0.2) is 41.4 Å². The van der Waals surface area contributed by atoms with Crippen LogP contribution in [0.15, 0.2) is 43.0 Å². The van der Waals surface area contributed by atoms with Crippen molar-refractivity contribution in [3.8, 4) is 0 Å². The summed E-state index contributed by atoms with van der Waals surface area (Å²) in [4.78, 5) is 16.0. The average molecular weight is 301 g/mol. The van der Waals surface area contributed by atoms with Gasteiger partial charge in [-0.25, -0.2) is 4.98 Å². The van der Waals surface area contributed by atoms with Gasteiger partial charge in [-0.3, -0.25) is 4.79 Å². The minimum absolute atomic E-state index is 0.125. The molecule has 1 saturated heterocycles. The van der Waals surface area contributed by atoms with Crippen LogP contribution in [0.3, 0.4) is 0 Å². The zero-order valence-electron chi connectivity index (χ0n) is 12.3. The zero-order chi connectivity index (χ0) is 15.2. The van der Waals surface area contributed by atoms with Crippen molar-refractivity contribution in [2.45, 2.75) is 19.2 Å². The lowest BCUT2D eigenvalue weighted by Gasteiger charge is -2.22. The molecule has 1 aliphatic heterocycles. The first-order valence-corrected chi connectivity index (χ1v) is 7.32. The van der Waals surface area contributed by atoms with Gasteiger partial charge >= 0.3 is 0 Å². The molecule has 1 N–H and O–H groups in total. The largest absolute Gasteiger partial charge is 0.376 e. The van der Waals surface area contributed by atoms with Crippen LogP contribution in [0.2, 0.25) is 0 Å². The number of imidazole rings is 1. The molecule has 1 atom stereocenters. The number of nitrogens with zero attached hydrogens (tertiary/aromatic N) is 2. The molecule has 22 heavy (non-hydrogen) atoms. The van der Waals surface area contributed by atoms with E-state index >= 15 is 0 Å². The van der Waals surface area contributed by atoms with E-state index in [9.17, 15) is 4.79 Å². The summed E-state index contributed by atoms with van der Waals surface area (Å²) >= 11 is 0. The summed E-state index contributed by atoms with van der Waals surface area (Å²) in [6, 6.07) is 8.13. The van der Waals surface area contributed by atoms with E-state index in [0.717, 1.165) is 12.1 Å². The number of benzene rings is 1. The van der Waals surface area contributed by atoms with Gasteiger partial charge in [0.15, 0.2) is 6.10 Å². The number of carbonyl (C=O) groups is 1. The fourth-order valence-corrected chi connectivity index (χ4v) is 2.37. The van der Waals surface area contributed by atoms with Gasteiger partial charge in [-0.2, -0.15) is 0 Å². The van der Waals surface area contributed by atoms with Crippen molar-refractivity contribution in [2.75, 3.05) is 19.8 Å². The monoisotopic (exact) mass is 301 g/mol. The first-order chi connectivity index (χ1) is 10.8. The molecule has 1 fully saturated rings. The fourth-order valence-electron chi connectivity index (χ4n) is 2.37. The number of aromatic nitrogens is 2. The summed E-state index contributed by atoms with van der Waals surface area (Å²) in [5.41, 5.74) is 2.23. The van der Waals surface area contributed by atoms with E-state index in [1.165, 1.54) is 5.56 Å². The van der Waals surface area contributed by atoms with Crippen molar-refractivity contribution >= 4 is 5.91 Å². The van der Waals surface area contributed by atoms with Gasteiger partial charge < -0.3 is 19.4 Å². The molecule has 1 aromatic carbocycles. The van der Waals surface area contributed by atoms with Crippen molar-refractivity contribution < 1.29 is 14.3 Å². The second-order valence-corrected chi connectivity index (χ2v) is 5.21. The van der Waals surface area contributed by atoms with E-state index < -0.39 is 6.10 Å². The Hall–Kier alpha value is -2.18. The molecule has 2 aromatic rings. The Bertz CT molecular complexity index is 607. The molecule has 1 aromatic heterocycles. The molecule has 116 valence electrons. The Balaban J connectivity index is 1.54. The second-order valence-electron chi connectivity index (χ2n) is 5.21. The van der Waals surface area contributed by atoms with Crippen molar-refractivity contribution in [3.05, 3.63) is 54.1 Å². The number of hydrogen-bond acceptors (Lipinski definition) is 4. The highest BCUT2D eigenvalue weighted by Gasteiger charge is 2.22. The molecule has 0 aliphatic carbocycles. The molecule has 2 heterocycles. The molecule has 0 spiro atoms. The lowest BCUT2D eigenvalue weighted by atomic mass is 10.1. The number of carbonyl (C=O) groups excluding carboxylic acids is 1. The molecule has 0 saturated carbocycles. The smallest absolute Gasteiger partial charge is 0.251 e. The van der Waals surface area contributed by atoms with E-state index in [2.05, 4.69) is 22.4 Å². The highest BCUT2D eigenvalue weighted by Crippen LogP contribution is 2.08. The van der Waals surface area contributed by atoms with Gasteiger partial charge in [0.05, 0.1) is 26.1 Å². The Morgan fingerprint density at radius 2 is 2.27 bits per heavy atom. The highest BCUT2D eigenvalue weighted by atomic mass is 16.6. The van der Waals surface area contributed by atoms with Crippen molar-refractivity contribution in [2.24, 2.45) is 0 Å². The quantitative estimate of drug-likeness (QED) is 0.893. The van der Waals surface area contributed by atoms with Gasteiger partial charge in [0, 0.05) is 25.5 Å². The highest BCUT2D eigenvalue weighted by molar-refractivity contribution is 5.80. The lowest BCUT2D eigenvalue weighted by Crippen LogP contribution is -2.42. The van der Waals surface area contributed by atoms with Crippen LogP contribution in [-0.2, 0) is 27.4 Å². The van der Waals surface area contributed by atoms with Gasteiger partial charge in [0.1, 0.15) is 0 Å². The van der Waals surface area contributed by atoms with E-state index in [1.807, 2.05) is 22.9 Å². The molecule has 6 nitrogen and oxygen atoms in total. The maximum absolute atomic E-state index is 12.0. The summed E-state index contributed by atoms with van der Waals surface area (Å²) in [5.74, 6) is -0.125. The third kappa shape index (κ3) is 3.93. The van der Waals surface area contributed by atoms with E-state index in [0.29, 0.717) is 26.4 Å². The van der Waals surface area contributed by atoms with Gasteiger partial charge in [0.2, 0.25) is 0 Å². The predicted octanol–water partition coefficient (Wildman–Crippen LogP) is 0.963. The van der Waals surface area contributed by atoms with Gasteiger partial charge in [0.25, 0.3) is 5.91 Å². The second kappa shape index (κ2) is 7.20. The van der Waals surface area contributed by atoms with Gasteiger partial charge in [-0.1, -0.05) is 24.3 Å². The van der Waals surface area contributed by atoms with Gasteiger partial charge in [-0.05, 0) is 11.1 Å². The normalized spacial score (nSPS) is 18.1. The molecular weight excluding hydrogens is 282 g/mol. The third-order valence-corrected chi connectivity index (χ3v) is 3.49. The van der Waals surface area contributed by atoms with Crippen LogP contribution in [0.5, 0.6) is 0 Å². The first-order valence-electron chi connectivity index (χ1n) is 7.32. The zero-order valence-corrected chi connectivity index (χ0v) is 12.3. The molecule has 1 unspecified atom stereocenters. The molecule has 0 radical (unpaired) electrons. The summed E-state index contributed by atoms with van der Waals surface area (Å²) in [7, 11) is 0. The fraction of sp³-hybridized carbons (Fsp3) is 0.375. The number of hydrogen-bond donors (Lipinski definition) is 1. The molecule has 0 bridgehead atoms. The summed E-state index contributed by atoms with van der Waals surface area (Å²) < 4.78 is 12.6. The van der Waals surface area contributed by atoms with Crippen LogP contribution >= 0.6 is 0 Å². The topological polar surface area (TPSA) is 65.4 Å². The maximum atomic E-state index is 12.0. The summed E-state index contributed by atoms with van der Waals surface area (Å²) in [6.45, 7) is 2.60. The number of ether oxygens (including phenoxy) is 2. The molecule has 1 aliphatic rings. The van der Waals surface area contributed by atoms with Crippen LogP contribution in [0, 0.1) is 0 Å². The average Bonchev–Trinajstić information content (AvgIpc) is 3.07. The van der Waals surface area contributed by atoms with Gasteiger partial charge in [-0.15, -0.1) is 0 Å². The number of rotatable bonds is 5. The molecule has 3 rings (SSSR count). The Labute approximate surface area is 129 Å². The molecule has 1 amide bonds. The summed E-state index contributed by atoms with van der Waals surface area (Å²) in [5, 5.41) is 2.89. The number of nitrogens with one attached hydrogen (secondary N) is 1. The Kier molecular flexibility index (Phi) is 4.82. The third-order valence-electron chi connectivity index (χ3n) is 3.49. The molecule has 6 heteroatoms. The SMILES string of the molecule is O=C(NCc1cccc(Cn2ccnc2)c1)C1COCCO1. The molecular formula is C16H19N3O3. The van der Waals surface area contributed by atoms with Crippen molar-refractivity contribution in [1.82, 2.24) is 14.9 Å². The maximum Gasteiger partial charge on any atom is 0.251 e. The summed E-state index contributed by atoms with van der Waals surface area (Å²) in [6.07, 6.45) is 4.97. The lowest BCUT2D eigenvalue weighted by molar-refractivity contribution is -0.147. The van der Waals surface area contributed by atoms with E-state index in [4.69, 9.17) is 9.47 Å². The minimum atomic E-state index is -0.497. The van der Waals surface area contributed by atoms with Crippen molar-refractivity contribution in [3.63, 3.8) is 0 Å². The van der Waals surface area contributed by atoms with Crippen molar-refractivity contribution in [1.29, 1.82) is 0 Å². The van der Waals surface area contributed by atoms with Crippen LogP contribution in [0.4, 0.5) is 0 Å².